The maximum atomic E-state index is 15.5. The topological polar surface area (TPSA) is 501 Å². The van der Waals surface area contributed by atoms with Gasteiger partial charge in [-0.15, -0.1) is 12.8 Å². The summed E-state index contributed by atoms with van der Waals surface area (Å²) < 4.78 is 133. The average molecular weight is 1060 g/mol. The normalized spacial score (nSPS) is 30.5. The van der Waals surface area contributed by atoms with Gasteiger partial charge in [0.25, 0.3) is 11.1 Å². The van der Waals surface area contributed by atoms with E-state index in [0.29, 0.717) is 10.8 Å². The molecule has 0 amide bonds. The second-order valence-electron chi connectivity index (χ2n) is 12.8. The third-order valence-electron chi connectivity index (χ3n) is 7.94. The van der Waals surface area contributed by atoms with E-state index in [1.807, 2.05) is 4.98 Å². The molecule has 4 heterocycles. The highest BCUT2D eigenvalue weighted by Gasteiger charge is 2.62. The maximum Gasteiger partial charge on any atom is 0.490 e. The van der Waals surface area contributed by atoms with Crippen molar-refractivity contribution >= 4 is 46.9 Å². The van der Waals surface area contributed by atoms with Crippen molar-refractivity contribution in [2.45, 2.75) is 81.2 Å². The fraction of sp³-hybridized carbons (Fsp3) is 0.542. The minimum atomic E-state index is -5.84. The number of aromatic nitrogens is 5. The number of phosphoric acid groups is 6. The summed E-state index contributed by atoms with van der Waals surface area (Å²) in [4.78, 5) is 122. The van der Waals surface area contributed by atoms with Gasteiger partial charge < -0.3 is 58.8 Å². The van der Waals surface area contributed by atoms with Crippen molar-refractivity contribution in [3.05, 3.63) is 59.6 Å². The highest BCUT2D eigenvalue weighted by molar-refractivity contribution is 7.67. The average Bonchev–Trinajstić information content (AvgIpc) is 3.50. The number of alkyl halides is 2. The van der Waals surface area contributed by atoms with Crippen LogP contribution in [0.2, 0.25) is 0 Å². The number of nitrogens with zero attached hydrogens (tertiary/aromatic N) is 3. The van der Waals surface area contributed by atoms with Crippen LogP contribution in [0.1, 0.15) is 32.0 Å². The first-order valence-corrected chi connectivity index (χ1v) is 25.4. The molecule has 366 valence electrons. The van der Waals surface area contributed by atoms with Crippen LogP contribution in [0.3, 0.4) is 0 Å². The number of rotatable bonds is 16. The summed E-state index contributed by atoms with van der Waals surface area (Å²) in [7, 11) is -34.3. The first-order valence-electron chi connectivity index (χ1n) is 16.4. The van der Waals surface area contributed by atoms with Crippen LogP contribution in [0.5, 0.6) is 0 Å². The molecule has 0 aliphatic carbocycles. The molecule has 2 saturated heterocycles. The highest BCUT2D eigenvalue weighted by Crippen LogP contribution is 2.68. The molecule has 65 heavy (non-hydrogen) atoms. The fourth-order valence-corrected chi connectivity index (χ4v) is 11.9. The first kappa shape index (κ1) is 56.3. The van der Waals surface area contributed by atoms with E-state index in [-0.39, 0.29) is 10.4 Å². The van der Waals surface area contributed by atoms with Crippen molar-refractivity contribution in [2.75, 3.05) is 0 Å². The van der Waals surface area contributed by atoms with Crippen molar-refractivity contribution in [3.63, 3.8) is 0 Å². The second-order valence-corrected chi connectivity index (χ2v) is 21.5. The summed E-state index contributed by atoms with van der Waals surface area (Å²) in [6, 6.07) is 0.900. The molecule has 0 saturated carbocycles. The van der Waals surface area contributed by atoms with E-state index >= 15 is 8.78 Å². The van der Waals surface area contributed by atoms with Gasteiger partial charge in [0.1, 0.15) is 30.6 Å². The van der Waals surface area contributed by atoms with E-state index in [1.165, 1.54) is 6.92 Å². The van der Waals surface area contributed by atoms with Crippen molar-refractivity contribution < 1.29 is 121 Å². The molecule has 4 rings (SSSR count). The van der Waals surface area contributed by atoms with Crippen LogP contribution in [0.15, 0.2) is 31.4 Å². The second kappa shape index (κ2) is 19.9. The molecule has 41 heteroatoms. The lowest BCUT2D eigenvalue weighted by molar-refractivity contribution is -0.0828. The number of H-pyrrole nitrogens is 2. The molecule has 2 aliphatic heterocycles. The molecule has 0 aromatic carbocycles. The Kier molecular flexibility index (Phi) is 17.2. The Bertz CT molecular complexity index is 2760. The largest absolute Gasteiger partial charge is 0.490 e. The van der Waals surface area contributed by atoms with E-state index in [0.717, 1.165) is 19.9 Å². The number of aryl methyl sites for hydroxylation is 1. The Morgan fingerprint density at radius 1 is 0.692 bits per heavy atom. The van der Waals surface area contributed by atoms with Crippen LogP contribution in [-0.4, -0.2) is 122 Å². The zero-order chi connectivity index (χ0) is 50.3. The summed E-state index contributed by atoms with van der Waals surface area (Å²) >= 11 is 0. The summed E-state index contributed by atoms with van der Waals surface area (Å²) in [5.74, 6) is 3.17. The maximum absolute atomic E-state index is 15.5. The molecule has 6 unspecified atom stereocenters. The Balaban J connectivity index is 0.000000345. The third kappa shape index (κ3) is 14.2. The number of hydrogen-bond acceptors (Lipinski definition) is 21. The van der Waals surface area contributed by atoms with Gasteiger partial charge in [-0.2, -0.15) is 27.0 Å². The summed E-state index contributed by atoms with van der Waals surface area (Å²) in [6.45, 7) is 3.02. The molecule has 2 fully saturated rings. The number of aliphatic hydroxyl groups excluding tert-OH is 2. The summed E-state index contributed by atoms with van der Waals surface area (Å²) in [5, 5.41) is 24.0. The number of aliphatic hydroxyl groups is 2. The SMILES string of the molecule is C#CC1(F)[C@@H](O)[C@@H]([C@@H](C)OP(=O)(O)OP(=O)(O)OP(=O)(O)O)O[C@H]1n1c(C)cc(=O)[nH]c1=O.C#CC1(F)[C@@H](O)[C@@H]([C@@H](C)OP(=O)(O)OP(=O)(O)OP(=O)(O)O)O[C@H]1n1ncc(=O)[nH]c1=O. The van der Waals surface area contributed by atoms with Crippen molar-refractivity contribution in [1.29, 1.82) is 0 Å². The van der Waals surface area contributed by atoms with E-state index < -0.39 is 130 Å². The smallest absolute Gasteiger partial charge is 0.386 e. The number of nitrogens with one attached hydrogen (secondary N) is 2. The predicted octanol–water partition coefficient (Wildman–Crippen LogP) is -2.56. The lowest BCUT2D eigenvalue weighted by atomic mass is 9.95. The molecule has 14 atom stereocenters. The molecule has 33 nitrogen and oxygen atoms in total. The number of ether oxygens (including phenoxy) is 2. The van der Waals surface area contributed by atoms with Crippen LogP contribution in [0, 0.1) is 31.6 Å². The molecular formula is C24H33F2N5O28P6. The molecule has 0 bridgehead atoms. The number of hydrogen-bond donors (Lipinski definition) is 12. The number of halogens is 2. The van der Waals surface area contributed by atoms with E-state index in [9.17, 15) is 71.5 Å². The zero-order valence-corrected chi connectivity index (χ0v) is 37.4. The van der Waals surface area contributed by atoms with Gasteiger partial charge in [-0.1, -0.05) is 11.8 Å². The Morgan fingerprint density at radius 2 is 1.08 bits per heavy atom. The van der Waals surface area contributed by atoms with Gasteiger partial charge in [-0.3, -0.25) is 33.2 Å². The molecule has 0 spiro atoms. The van der Waals surface area contributed by atoms with Gasteiger partial charge in [-0.25, -0.2) is 45.8 Å². The molecule has 12 N–H and O–H groups in total. The van der Waals surface area contributed by atoms with Crippen LogP contribution in [0.4, 0.5) is 8.78 Å². The zero-order valence-electron chi connectivity index (χ0n) is 32.0. The number of aromatic amines is 2. The van der Waals surface area contributed by atoms with Crippen LogP contribution >= 0.6 is 46.9 Å². The van der Waals surface area contributed by atoms with Crippen LogP contribution in [-0.2, 0) is 63.2 Å². The fourth-order valence-electron chi connectivity index (χ4n) is 5.53. The third-order valence-corrected chi connectivity index (χ3v) is 15.8. The molecule has 0 radical (unpaired) electrons. The lowest BCUT2D eigenvalue weighted by Crippen LogP contribution is -2.46. The van der Waals surface area contributed by atoms with Gasteiger partial charge in [0.15, 0.2) is 6.23 Å². The van der Waals surface area contributed by atoms with Crippen molar-refractivity contribution in [1.82, 2.24) is 24.3 Å². The minimum Gasteiger partial charge on any atom is -0.386 e. The van der Waals surface area contributed by atoms with E-state index in [4.69, 9.17) is 46.8 Å². The van der Waals surface area contributed by atoms with E-state index in [1.54, 1.807) is 16.8 Å². The Labute approximate surface area is 357 Å². The standard InChI is InChI=1S/C13H18FN2O14P3.C11H15FN3O14P3/c1-4-13(14)10(18)9(27-11(13)16-6(2)5-8(17)15-12(16)19)7(3)28-32(23,24)30-33(25,26)29-31(20,21)22;1-3-11(12)8(17)7(26-9(11)15-10(18)14-6(16)4-13-15)5(2)27-31(22,23)29-32(24,25)28-30(19,20)21/h1,5,7,9-11,18H,2-3H3,(H,23,24)(H,25,26)(H,15,17,19)(H2,20,21,22);1,4-5,7-9,17H,2H3,(H,22,23)(H,24,25)(H,14,16,18)(H2,19,20,21)/t7-,9-,10+,11-,13?;5-,7-,8+,9-,11?/m11/s1. The van der Waals surface area contributed by atoms with Gasteiger partial charge in [-0.05, 0) is 20.8 Å². The van der Waals surface area contributed by atoms with Gasteiger partial charge in [0.2, 0.25) is 17.6 Å². The first-order chi connectivity index (χ1) is 29.2. The summed E-state index contributed by atoms with van der Waals surface area (Å²) in [5.41, 5.74) is -10.7. The molecule has 2 aromatic heterocycles. The monoisotopic (exact) mass is 1060 g/mol. The summed E-state index contributed by atoms with van der Waals surface area (Å²) in [6.07, 6.45) is -5.62. The van der Waals surface area contributed by atoms with Crippen molar-refractivity contribution in [2.24, 2.45) is 0 Å². The highest BCUT2D eigenvalue weighted by atomic mass is 31.3. The quantitative estimate of drug-likeness (QED) is 0.0608. The molecular weight excluding hydrogens is 1030 g/mol. The molecule has 2 aromatic rings. The minimum absolute atomic E-state index is 0.126. The lowest BCUT2D eigenvalue weighted by Gasteiger charge is -2.25. The molecule has 2 aliphatic rings. The van der Waals surface area contributed by atoms with Gasteiger partial charge in [0.05, 0.1) is 12.2 Å². The Morgan fingerprint density at radius 3 is 1.45 bits per heavy atom. The number of phosphoric ester groups is 2. The Hall–Kier alpha value is -3.07. The number of terminal acetylenes is 2. The predicted molar refractivity (Wildman–Crippen MR) is 199 cm³/mol. The van der Waals surface area contributed by atoms with Crippen LogP contribution < -0.4 is 22.5 Å². The van der Waals surface area contributed by atoms with Gasteiger partial charge >= 0.3 is 58.3 Å². The van der Waals surface area contributed by atoms with Gasteiger partial charge in [0, 0.05) is 11.8 Å². The van der Waals surface area contributed by atoms with Crippen LogP contribution in [0.25, 0.3) is 0 Å². The van der Waals surface area contributed by atoms with E-state index in [2.05, 4.69) is 31.4 Å². The van der Waals surface area contributed by atoms with Crippen molar-refractivity contribution in [3.8, 4) is 24.7 Å².